The Morgan fingerprint density at radius 2 is 1.79 bits per heavy atom. The second kappa shape index (κ2) is 7.92. The van der Waals surface area contributed by atoms with Crippen molar-refractivity contribution in [1.29, 1.82) is 0 Å². The summed E-state index contributed by atoms with van der Waals surface area (Å²) in [5.41, 5.74) is 3.59. The van der Waals surface area contributed by atoms with Crippen LogP contribution in [0.1, 0.15) is 58.8 Å². The van der Waals surface area contributed by atoms with Crippen LogP contribution in [0.4, 0.5) is 0 Å². The minimum absolute atomic E-state index is 0.0298. The van der Waals surface area contributed by atoms with E-state index in [0.717, 1.165) is 32.1 Å². The Bertz CT molecular complexity index is 1030. The number of carbonyl (C=O) groups is 1. The van der Waals surface area contributed by atoms with Crippen molar-refractivity contribution in [2.45, 2.75) is 50.0 Å². The summed E-state index contributed by atoms with van der Waals surface area (Å²) >= 11 is 0. The highest BCUT2D eigenvalue weighted by molar-refractivity contribution is 7.89. The lowest BCUT2D eigenvalue weighted by Gasteiger charge is -2.28. The fraction of sp³-hybridized carbons (Fsp3) is 0.435. The molecule has 1 amide bonds. The fourth-order valence-corrected chi connectivity index (χ4v) is 6.31. The van der Waals surface area contributed by atoms with Crippen LogP contribution in [-0.4, -0.2) is 43.7 Å². The normalized spacial score (nSPS) is 19.7. The predicted molar refractivity (Wildman–Crippen MR) is 113 cm³/mol. The average Bonchev–Trinajstić information content (AvgIpc) is 3.17. The van der Waals surface area contributed by atoms with E-state index >= 15 is 0 Å². The highest BCUT2D eigenvalue weighted by atomic mass is 32.2. The van der Waals surface area contributed by atoms with E-state index in [2.05, 4.69) is 12.1 Å². The molecule has 1 heterocycles. The number of aryl methyl sites for hydroxylation is 2. The van der Waals surface area contributed by atoms with E-state index in [1.807, 2.05) is 19.2 Å². The molecule has 0 unspecified atom stereocenters. The van der Waals surface area contributed by atoms with Gasteiger partial charge in [-0.3, -0.25) is 4.79 Å². The van der Waals surface area contributed by atoms with Gasteiger partial charge in [-0.2, -0.15) is 4.31 Å². The van der Waals surface area contributed by atoms with E-state index < -0.39 is 10.0 Å². The fourth-order valence-electron chi connectivity index (χ4n) is 4.54. The van der Waals surface area contributed by atoms with E-state index in [1.165, 1.54) is 11.1 Å². The number of sulfonamides is 1. The van der Waals surface area contributed by atoms with Gasteiger partial charge in [-0.05, 0) is 61.4 Å². The quantitative estimate of drug-likeness (QED) is 0.765. The van der Waals surface area contributed by atoms with Gasteiger partial charge in [0.2, 0.25) is 10.0 Å². The van der Waals surface area contributed by atoms with Crippen LogP contribution < -0.4 is 0 Å². The molecule has 0 saturated carbocycles. The largest absolute Gasteiger partial charge is 0.335 e. The van der Waals surface area contributed by atoms with Crippen molar-refractivity contribution in [3.8, 4) is 0 Å². The maximum Gasteiger partial charge on any atom is 0.254 e. The Balaban J connectivity index is 1.62. The summed E-state index contributed by atoms with van der Waals surface area (Å²) in [6, 6.07) is 13.3. The summed E-state index contributed by atoms with van der Waals surface area (Å²) in [5.74, 6) is -0.137. The second-order valence-electron chi connectivity index (χ2n) is 8.11. The van der Waals surface area contributed by atoms with Crippen molar-refractivity contribution >= 4 is 15.9 Å². The van der Waals surface area contributed by atoms with Gasteiger partial charge in [0.1, 0.15) is 0 Å². The van der Waals surface area contributed by atoms with Crippen molar-refractivity contribution in [2.24, 2.45) is 0 Å². The van der Waals surface area contributed by atoms with Crippen LogP contribution in [0.5, 0.6) is 0 Å². The summed E-state index contributed by atoms with van der Waals surface area (Å²) in [6.45, 7) is 2.90. The predicted octanol–water partition coefficient (Wildman–Crippen LogP) is 3.93. The van der Waals surface area contributed by atoms with Crippen LogP contribution in [0.2, 0.25) is 0 Å². The van der Waals surface area contributed by atoms with Crippen molar-refractivity contribution in [1.82, 2.24) is 9.21 Å². The second-order valence-corrected chi connectivity index (χ2v) is 10.0. The molecule has 0 aromatic heterocycles. The first-order chi connectivity index (χ1) is 13.9. The Morgan fingerprint density at radius 1 is 1.07 bits per heavy atom. The van der Waals surface area contributed by atoms with Crippen molar-refractivity contribution < 1.29 is 13.2 Å². The first-order valence-corrected chi connectivity index (χ1v) is 11.8. The summed E-state index contributed by atoms with van der Waals surface area (Å²) in [4.78, 5) is 15.2. The number of rotatable bonds is 4. The maximum atomic E-state index is 13.2. The topological polar surface area (TPSA) is 57.7 Å². The lowest BCUT2D eigenvalue weighted by atomic mass is 10.1. The van der Waals surface area contributed by atoms with E-state index in [0.29, 0.717) is 24.2 Å². The summed E-state index contributed by atoms with van der Waals surface area (Å²) in [6.07, 6.45) is 4.70. The summed E-state index contributed by atoms with van der Waals surface area (Å²) in [5, 5.41) is 0. The molecule has 29 heavy (non-hydrogen) atoms. The molecule has 2 aromatic rings. The molecule has 1 aliphatic carbocycles. The molecule has 1 aliphatic heterocycles. The Morgan fingerprint density at radius 3 is 2.55 bits per heavy atom. The van der Waals surface area contributed by atoms with Gasteiger partial charge in [0.25, 0.3) is 5.91 Å². The molecule has 1 fully saturated rings. The van der Waals surface area contributed by atoms with Gasteiger partial charge in [0.15, 0.2) is 0 Å². The van der Waals surface area contributed by atoms with E-state index in [4.69, 9.17) is 0 Å². The Hall–Kier alpha value is -2.18. The van der Waals surface area contributed by atoms with Crippen molar-refractivity contribution in [3.63, 3.8) is 0 Å². The molecule has 4 rings (SSSR count). The zero-order valence-corrected chi connectivity index (χ0v) is 17.9. The van der Waals surface area contributed by atoms with Crippen LogP contribution in [0, 0.1) is 6.92 Å². The van der Waals surface area contributed by atoms with Gasteiger partial charge >= 0.3 is 0 Å². The molecule has 1 atom stereocenters. The van der Waals surface area contributed by atoms with E-state index in [9.17, 15) is 13.2 Å². The first kappa shape index (κ1) is 20.1. The number of benzene rings is 2. The lowest BCUT2D eigenvalue weighted by molar-refractivity contribution is 0.0730. The van der Waals surface area contributed by atoms with Gasteiger partial charge < -0.3 is 4.90 Å². The zero-order valence-electron chi connectivity index (χ0n) is 17.1. The minimum Gasteiger partial charge on any atom is -0.335 e. The third-order valence-electron chi connectivity index (χ3n) is 6.26. The number of piperidine rings is 1. The number of nitrogens with zero attached hydrogens (tertiary/aromatic N) is 2. The molecule has 6 heteroatoms. The Labute approximate surface area is 173 Å². The molecule has 5 nitrogen and oxygen atoms in total. The number of carbonyl (C=O) groups excluding carboxylic acids is 1. The molecule has 2 aliphatic rings. The number of hydrogen-bond donors (Lipinski definition) is 0. The Kier molecular flexibility index (Phi) is 5.49. The van der Waals surface area contributed by atoms with Gasteiger partial charge in [-0.25, -0.2) is 8.42 Å². The highest BCUT2D eigenvalue weighted by Crippen LogP contribution is 2.35. The first-order valence-electron chi connectivity index (χ1n) is 10.4. The van der Waals surface area contributed by atoms with Crippen LogP contribution in [0.25, 0.3) is 0 Å². The highest BCUT2D eigenvalue weighted by Gasteiger charge is 2.31. The van der Waals surface area contributed by atoms with Gasteiger partial charge in [-0.15, -0.1) is 0 Å². The molecule has 0 N–H and O–H groups in total. The molecule has 1 saturated heterocycles. The standard InChI is InChI=1S/C23H28N2O3S/c1-17-10-11-19(16-22(17)29(27,28)25-14-6-3-7-15-25)23(26)24(2)21-13-12-18-8-4-5-9-20(18)21/h4-5,8-11,16,21H,3,6-7,12-15H2,1-2H3/t21-/m0/s1. The van der Waals surface area contributed by atoms with E-state index in [-0.39, 0.29) is 16.8 Å². The third kappa shape index (κ3) is 3.71. The monoisotopic (exact) mass is 412 g/mol. The van der Waals surface area contributed by atoms with Crippen LogP contribution in [-0.2, 0) is 16.4 Å². The third-order valence-corrected chi connectivity index (χ3v) is 8.30. The molecular weight excluding hydrogens is 384 g/mol. The summed E-state index contributed by atoms with van der Waals surface area (Å²) in [7, 11) is -1.77. The molecule has 0 radical (unpaired) electrons. The number of hydrogen-bond acceptors (Lipinski definition) is 3. The van der Waals surface area contributed by atoms with Crippen molar-refractivity contribution in [2.75, 3.05) is 20.1 Å². The molecule has 0 spiro atoms. The van der Waals surface area contributed by atoms with Crippen molar-refractivity contribution in [3.05, 3.63) is 64.7 Å². The van der Waals surface area contributed by atoms with Gasteiger partial charge in [0, 0.05) is 25.7 Å². The van der Waals surface area contributed by atoms with Crippen LogP contribution >= 0.6 is 0 Å². The SMILES string of the molecule is Cc1ccc(C(=O)N(C)[C@H]2CCc3ccccc32)cc1S(=O)(=O)N1CCCCC1. The maximum absolute atomic E-state index is 13.2. The van der Waals surface area contributed by atoms with Crippen LogP contribution in [0.3, 0.4) is 0 Å². The van der Waals surface area contributed by atoms with Crippen LogP contribution in [0.15, 0.2) is 47.4 Å². The number of amides is 1. The van der Waals surface area contributed by atoms with Gasteiger partial charge in [0.05, 0.1) is 10.9 Å². The van der Waals surface area contributed by atoms with E-state index in [1.54, 1.807) is 34.3 Å². The summed E-state index contributed by atoms with van der Waals surface area (Å²) < 4.78 is 27.9. The smallest absolute Gasteiger partial charge is 0.254 e. The molecule has 154 valence electrons. The average molecular weight is 413 g/mol. The zero-order chi connectivity index (χ0) is 20.6. The number of fused-ring (bicyclic) bond motifs is 1. The molecule has 2 aromatic carbocycles. The van der Waals surface area contributed by atoms with Gasteiger partial charge in [-0.1, -0.05) is 36.8 Å². The lowest BCUT2D eigenvalue weighted by Crippen LogP contribution is -2.36. The minimum atomic E-state index is -3.58. The molecule has 0 bridgehead atoms. The molecular formula is C23H28N2O3S.